The van der Waals surface area contributed by atoms with E-state index in [0.717, 1.165) is 56.9 Å². The second kappa shape index (κ2) is 25.2. The molecule has 7 heteroatoms. The van der Waals surface area contributed by atoms with Crippen LogP contribution < -0.4 is 10.6 Å². The molecule has 0 saturated heterocycles. The third kappa shape index (κ3) is 24.2. The van der Waals surface area contributed by atoms with Gasteiger partial charge in [0.05, 0.1) is 5.92 Å². The van der Waals surface area contributed by atoms with Gasteiger partial charge in [0.1, 0.15) is 6.29 Å². The maximum absolute atomic E-state index is 12.0. The van der Waals surface area contributed by atoms with Gasteiger partial charge in [-0.2, -0.15) is 11.8 Å². The number of allylic oxidation sites excluding steroid dienone is 1. The van der Waals surface area contributed by atoms with E-state index in [-0.39, 0.29) is 17.9 Å². The Bertz CT molecular complexity index is 586. The van der Waals surface area contributed by atoms with Crippen LogP contribution in [0.25, 0.3) is 0 Å². The van der Waals surface area contributed by atoms with Crippen molar-refractivity contribution in [2.24, 2.45) is 5.92 Å². The number of hydrogen-bond donors (Lipinski definition) is 3. The molecule has 0 spiro atoms. The predicted octanol–water partition coefficient (Wildman–Crippen LogP) is 6.88. The number of carbonyl (C=O) groups excluding carboxylic acids is 2. The Hall–Kier alpha value is -1.50. The van der Waals surface area contributed by atoms with Crippen molar-refractivity contribution >= 4 is 29.9 Å². The molecule has 0 rings (SSSR count). The van der Waals surface area contributed by atoms with Crippen LogP contribution in [0.5, 0.6) is 0 Å². The summed E-state index contributed by atoms with van der Waals surface area (Å²) in [7, 11) is 0. The first-order valence-electron chi connectivity index (χ1n) is 14.3. The minimum absolute atomic E-state index is 0.0600. The van der Waals surface area contributed by atoms with E-state index in [1.807, 2.05) is 0 Å². The topological polar surface area (TPSA) is 95.5 Å². The fourth-order valence-corrected chi connectivity index (χ4v) is 5.01. The number of unbranched alkanes of at least 4 members (excludes halogenated alkanes) is 10. The summed E-state index contributed by atoms with van der Waals surface area (Å²) in [6.07, 6.45) is 18.7. The van der Waals surface area contributed by atoms with Gasteiger partial charge in [-0.05, 0) is 69.8 Å². The molecular weight excluding hydrogens is 472 g/mol. The molecule has 0 fully saturated rings. The first kappa shape index (κ1) is 34.5. The Balaban J connectivity index is 3.47. The average molecular weight is 527 g/mol. The van der Waals surface area contributed by atoms with Gasteiger partial charge in [-0.25, -0.2) is 0 Å². The highest BCUT2D eigenvalue weighted by molar-refractivity contribution is 7.99. The van der Waals surface area contributed by atoms with E-state index in [1.165, 1.54) is 62.9 Å². The van der Waals surface area contributed by atoms with Crippen LogP contribution in [-0.4, -0.2) is 47.4 Å². The molecule has 210 valence electrons. The maximum atomic E-state index is 12.0. The number of rotatable bonds is 27. The van der Waals surface area contributed by atoms with E-state index >= 15 is 0 Å². The molecule has 0 aromatic heterocycles. The second-order valence-corrected chi connectivity index (χ2v) is 11.4. The van der Waals surface area contributed by atoms with Crippen LogP contribution >= 0.6 is 11.8 Å². The third-order valence-electron chi connectivity index (χ3n) is 6.44. The lowest BCUT2D eigenvalue weighted by molar-refractivity contribution is -0.141. The fourth-order valence-electron chi connectivity index (χ4n) is 3.99. The Morgan fingerprint density at radius 1 is 0.833 bits per heavy atom. The number of carboxylic acid groups (broad SMARTS) is 1. The molecule has 0 heterocycles. The van der Waals surface area contributed by atoms with Gasteiger partial charge in [-0.15, -0.1) is 0 Å². The summed E-state index contributed by atoms with van der Waals surface area (Å²) in [4.78, 5) is 33.1. The van der Waals surface area contributed by atoms with Gasteiger partial charge >= 0.3 is 5.97 Å². The van der Waals surface area contributed by atoms with Crippen molar-refractivity contribution in [3.63, 3.8) is 0 Å². The highest BCUT2D eigenvalue weighted by Gasteiger charge is 2.10. The lowest BCUT2D eigenvalue weighted by Crippen LogP contribution is -2.29. The summed E-state index contributed by atoms with van der Waals surface area (Å²) in [5, 5.41) is 15.2. The van der Waals surface area contributed by atoms with Crippen LogP contribution in [0.4, 0.5) is 0 Å². The van der Waals surface area contributed by atoms with Crippen molar-refractivity contribution in [1.29, 1.82) is 0 Å². The molecule has 36 heavy (non-hydrogen) atoms. The number of nitrogens with one attached hydrogen (secondary N) is 2. The van der Waals surface area contributed by atoms with Gasteiger partial charge in [0, 0.05) is 31.1 Å². The summed E-state index contributed by atoms with van der Waals surface area (Å²) in [5.74, 6) is 1.53. The number of aldehydes is 1. The fraction of sp³-hybridized carbons (Fsp3) is 0.828. The molecular formula is C29H54N2O4S. The van der Waals surface area contributed by atoms with Crippen LogP contribution in [0.15, 0.2) is 12.3 Å². The van der Waals surface area contributed by atoms with E-state index in [0.29, 0.717) is 19.4 Å². The summed E-state index contributed by atoms with van der Waals surface area (Å²) in [6.45, 7) is 8.58. The zero-order valence-electron chi connectivity index (χ0n) is 23.2. The minimum atomic E-state index is -0.755. The van der Waals surface area contributed by atoms with Gasteiger partial charge in [-0.3, -0.25) is 9.59 Å². The Morgan fingerprint density at radius 2 is 1.44 bits per heavy atom. The number of amides is 1. The van der Waals surface area contributed by atoms with Crippen molar-refractivity contribution in [3.8, 4) is 0 Å². The summed E-state index contributed by atoms with van der Waals surface area (Å²) < 4.78 is 0. The molecule has 0 aliphatic carbocycles. The number of thioether (sulfide) groups is 1. The van der Waals surface area contributed by atoms with E-state index in [1.54, 1.807) is 6.92 Å². The lowest BCUT2D eigenvalue weighted by atomic mass is 10.0. The SMILES string of the molecule is C=C(CCCCCCCSCCCCCCCC=O)NC(C)CCC(=O)NCCCCC(C)C(=O)O. The third-order valence-corrected chi connectivity index (χ3v) is 7.60. The molecule has 0 aliphatic rings. The van der Waals surface area contributed by atoms with E-state index in [2.05, 4.69) is 35.9 Å². The van der Waals surface area contributed by atoms with Gasteiger partial charge in [0.25, 0.3) is 0 Å². The summed E-state index contributed by atoms with van der Waals surface area (Å²) in [6, 6.07) is 0.230. The Kier molecular flexibility index (Phi) is 24.1. The standard InChI is InChI=1S/C29H54N2O4S/c1-25(29(34)35)17-12-13-21-30-28(33)20-19-27(3)31-26(2)18-11-7-6-10-16-24-36-23-15-9-5-4-8-14-22-32/h22,25,27,31H,2,4-21,23-24H2,1,3H3,(H,30,33)(H,34,35). The molecule has 3 N–H and O–H groups in total. The number of carbonyl (C=O) groups is 3. The Labute approximate surface area is 225 Å². The zero-order valence-corrected chi connectivity index (χ0v) is 24.0. The molecule has 2 unspecified atom stereocenters. The molecule has 0 aliphatic heterocycles. The smallest absolute Gasteiger partial charge is 0.306 e. The van der Waals surface area contributed by atoms with Crippen LogP contribution in [0.2, 0.25) is 0 Å². The number of carboxylic acids is 1. The first-order valence-corrected chi connectivity index (χ1v) is 15.5. The van der Waals surface area contributed by atoms with E-state index < -0.39 is 5.97 Å². The van der Waals surface area contributed by atoms with Crippen molar-refractivity contribution < 1.29 is 19.5 Å². The summed E-state index contributed by atoms with van der Waals surface area (Å²) in [5.41, 5.74) is 1.07. The van der Waals surface area contributed by atoms with Crippen molar-refractivity contribution in [2.45, 2.75) is 129 Å². The zero-order chi connectivity index (χ0) is 26.9. The number of aliphatic carboxylic acids is 1. The summed E-state index contributed by atoms with van der Waals surface area (Å²) >= 11 is 2.08. The number of hydrogen-bond acceptors (Lipinski definition) is 5. The van der Waals surface area contributed by atoms with Gasteiger partial charge in [0.15, 0.2) is 0 Å². The van der Waals surface area contributed by atoms with Crippen LogP contribution in [-0.2, 0) is 14.4 Å². The molecule has 0 aromatic carbocycles. The largest absolute Gasteiger partial charge is 0.481 e. The van der Waals surface area contributed by atoms with Crippen molar-refractivity contribution in [1.82, 2.24) is 10.6 Å². The van der Waals surface area contributed by atoms with Crippen LogP contribution in [0.1, 0.15) is 123 Å². The van der Waals surface area contributed by atoms with E-state index in [4.69, 9.17) is 5.11 Å². The molecule has 0 bridgehead atoms. The van der Waals surface area contributed by atoms with Crippen molar-refractivity contribution in [3.05, 3.63) is 12.3 Å². The van der Waals surface area contributed by atoms with Gasteiger partial charge < -0.3 is 20.5 Å². The monoisotopic (exact) mass is 526 g/mol. The second-order valence-electron chi connectivity index (χ2n) is 10.1. The molecule has 2 atom stereocenters. The van der Waals surface area contributed by atoms with Crippen LogP contribution in [0.3, 0.4) is 0 Å². The minimum Gasteiger partial charge on any atom is -0.481 e. The lowest BCUT2D eigenvalue weighted by Gasteiger charge is -2.17. The molecule has 0 radical (unpaired) electrons. The maximum Gasteiger partial charge on any atom is 0.306 e. The highest BCUT2D eigenvalue weighted by Crippen LogP contribution is 2.14. The highest BCUT2D eigenvalue weighted by atomic mass is 32.2. The quantitative estimate of drug-likeness (QED) is 0.0798. The van der Waals surface area contributed by atoms with E-state index in [9.17, 15) is 14.4 Å². The molecule has 1 amide bonds. The predicted molar refractivity (Wildman–Crippen MR) is 153 cm³/mol. The molecule has 0 aromatic rings. The molecule has 6 nitrogen and oxygen atoms in total. The normalized spacial score (nSPS) is 12.6. The van der Waals surface area contributed by atoms with Crippen molar-refractivity contribution in [2.75, 3.05) is 18.1 Å². The Morgan fingerprint density at radius 3 is 2.08 bits per heavy atom. The van der Waals surface area contributed by atoms with Gasteiger partial charge in [-0.1, -0.05) is 58.4 Å². The first-order chi connectivity index (χ1) is 17.4. The van der Waals surface area contributed by atoms with Crippen LogP contribution in [0, 0.1) is 5.92 Å². The molecule has 0 saturated carbocycles. The van der Waals surface area contributed by atoms with Gasteiger partial charge in [0.2, 0.25) is 5.91 Å². The average Bonchev–Trinajstić information content (AvgIpc) is 2.84.